The second-order valence-electron chi connectivity index (χ2n) is 5.23. The molecule has 0 radical (unpaired) electrons. The number of ether oxygens (including phenoxy) is 3. The van der Waals surface area contributed by atoms with Gasteiger partial charge in [-0.15, -0.1) is 0 Å². The van der Waals surface area contributed by atoms with Crippen molar-refractivity contribution in [2.75, 3.05) is 13.7 Å². The quantitative estimate of drug-likeness (QED) is 0.436. The first kappa shape index (κ1) is 18.9. The maximum Gasteiger partial charge on any atom is 0.408 e. The molecule has 0 aromatic carbocycles. The number of hydrogen-bond acceptors (Lipinski definition) is 6. The molecule has 21 heavy (non-hydrogen) atoms. The van der Waals surface area contributed by atoms with Crippen molar-refractivity contribution in [3.63, 3.8) is 0 Å². The summed E-state index contributed by atoms with van der Waals surface area (Å²) in [5, 5.41) is 2.38. The topological polar surface area (TPSA) is 90.9 Å². The van der Waals surface area contributed by atoms with Gasteiger partial charge in [-0.25, -0.2) is 9.59 Å². The zero-order chi connectivity index (χ0) is 16.5. The van der Waals surface area contributed by atoms with E-state index >= 15 is 0 Å². The maximum absolute atomic E-state index is 11.8. The van der Waals surface area contributed by atoms with Crippen LogP contribution in [0.4, 0.5) is 4.79 Å². The number of alkyl carbamates (subject to hydrolysis) is 1. The van der Waals surface area contributed by atoms with E-state index in [9.17, 15) is 14.4 Å². The lowest BCUT2D eigenvalue weighted by atomic mass is 10.1. The lowest BCUT2D eigenvalue weighted by molar-refractivity contribution is -0.146. The second kappa shape index (κ2) is 8.99. The van der Waals surface area contributed by atoms with Gasteiger partial charge in [0.15, 0.2) is 0 Å². The SMILES string of the molecule is C=CCOC(=O)[C@@H](CCC(=O)OC)NC(=O)OC(C)(C)C. The Morgan fingerprint density at radius 2 is 1.90 bits per heavy atom. The minimum atomic E-state index is -0.987. The second-order valence-corrected chi connectivity index (χ2v) is 5.23. The highest BCUT2D eigenvalue weighted by Gasteiger charge is 2.26. The van der Waals surface area contributed by atoms with Gasteiger partial charge in [0.05, 0.1) is 7.11 Å². The van der Waals surface area contributed by atoms with Crippen LogP contribution >= 0.6 is 0 Å². The van der Waals surface area contributed by atoms with Crippen LogP contribution in [0.25, 0.3) is 0 Å². The Labute approximate surface area is 124 Å². The Bertz CT molecular complexity index is 385. The summed E-state index contributed by atoms with van der Waals surface area (Å²) in [6, 6.07) is -0.987. The van der Waals surface area contributed by atoms with Crippen LogP contribution in [-0.4, -0.2) is 43.4 Å². The molecule has 0 aliphatic carbocycles. The van der Waals surface area contributed by atoms with Crippen molar-refractivity contribution >= 4 is 18.0 Å². The fourth-order valence-electron chi connectivity index (χ4n) is 1.30. The number of carbonyl (C=O) groups is 3. The summed E-state index contributed by atoms with van der Waals surface area (Å²) in [4.78, 5) is 34.6. The van der Waals surface area contributed by atoms with Gasteiger partial charge < -0.3 is 19.5 Å². The Balaban J connectivity index is 4.63. The van der Waals surface area contributed by atoms with Crippen LogP contribution in [0.3, 0.4) is 0 Å². The molecule has 1 N–H and O–H groups in total. The van der Waals surface area contributed by atoms with Gasteiger partial charge in [-0.2, -0.15) is 0 Å². The molecule has 0 bridgehead atoms. The van der Waals surface area contributed by atoms with Gasteiger partial charge in [0.1, 0.15) is 18.2 Å². The molecular weight excluding hydrogens is 278 g/mol. The molecule has 7 heteroatoms. The molecule has 0 heterocycles. The van der Waals surface area contributed by atoms with Gasteiger partial charge in [-0.1, -0.05) is 12.7 Å². The Morgan fingerprint density at radius 1 is 1.29 bits per heavy atom. The van der Waals surface area contributed by atoms with Crippen molar-refractivity contribution in [1.29, 1.82) is 0 Å². The number of carbonyl (C=O) groups excluding carboxylic acids is 3. The number of nitrogens with one attached hydrogen (secondary N) is 1. The summed E-state index contributed by atoms with van der Waals surface area (Å²) in [6.07, 6.45) is 0.679. The molecule has 0 spiro atoms. The lowest BCUT2D eigenvalue weighted by Crippen LogP contribution is -2.44. The number of amides is 1. The minimum absolute atomic E-state index is 0.0174. The molecule has 0 rings (SSSR count). The standard InChI is InChI=1S/C14H23NO6/c1-6-9-20-12(17)10(7-8-11(16)19-5)15-13(18)21-14(2,3)4/h6,10H,1,7-9H2,2-5H3,(H,15,18)/t10-/m1/s1. The normalized spacial score (nSPS) is 12.0. The van der Waals surface area contributed by atoms with Crippen molar-refractivity contribution in [3.8, 4) is 0 Å². The minimum Gasteiger partial charge on any atom is -0.469 e. The van der Waals surface area contributed by atoms with E-state index in [4.69, 9.17) is 9.47 Å². The fraction of sp³-hybridized carbons (Fsp3) is 0.643. The third-order valence-corrected chi connectivity index (χ3v) is 2.18. The third-order valence-electron chi connectivity index (χ3n) is 2.18. The molecule has 0 saturated heterocycles. The van der Waals surface area contributed by atoms with Gasteiger partial charge in [-0.3, -0.25) is 4.79 Å². The first-order chi connectivity index (χ1) is 9.69. The zero-order valence-electron chi connectivity index (χ0n) is 12.9. The largest absolute Gasteiger partial charge is 0.469 e. The smallest absolute Gasteiger partial charge is 0.408 e. The van der Waals surface area contributed by atoms with Crippen molar-refractivity contribution in [3.05, 3.63) is 12.7 Å². The molecule has 0 aliphatic rings. The Kier molecular flexibility index (Phi) is 8.11. The predicted octanol–water partition coefficient (Wildman–Crippen LogP) is 1.56. The summed E-state index contributed by atoms with van der Waals surface area (Å²) in [6.45, 7) is 8.54. The van der Waals surface area contributed by atoms with Crippen LogP contribution in [-0.2, 0) is 23.8 Å². The van der Waals surface area contributed by atoms with E-state index in [-0.39, 0.29) is 19.4 Å². The maximum atomic E-state index is 11.8. The van der Waals surface area contributed by atoms with E-state index in [0.29, 0.717) is 0 Å². The van der Waals surface area contributed by atoms with Gasteiger partial charge in [-0.05, 0) is 27.2 Å². The van der Waals surface area contributed by atoms with E-state index in [1.807, 2.05) is 0 Å². The van der Waals surface area contributed by atoms with E-state index in [2.05, 4.69) is 16.6 Å². The van der Waals surface area contributed by atoms with Gasteiger partial charge in [0, 0.05) is 6.42 Å². The highest BCUT2D eigenvalue weighted by molar-refractivity contribution is 5.82. The van der Waals surface area contributed by atoms with Crippen LogP contribution in [0, 0.1) is 0 Å². The van der Waals surface area contributed by atoms with Crippen molar-refractivity contribution in [2.24, 2.45) is 0 Å². The van der Waals surface area contributed by atoms with Gasteiger partial charge in [0.2, 0.25) is 0 Å². The average Bonchev–Trinajstić information content (AvgIpc) is 2.38. The number of rotatable bonds is 7. The molecule has 0 aliphatic heterocycles. The van der Waals surface area contributed by atoms with E-state index in [0.717, 1.165) is 0 Å². The van der Waals surface area contributed by atoms with Crippen LogP contribution < -0.4 is 5.32 Å². The molecule has 0 aromatic heterocycles. The summed E-state index contributed by atoms with van der Waals surface area (Å²) in [5.41, 5.74) is -0.692. The van der Waals surface area contributed by atoms with Crippen LogP contribution in [0.1, 0.15) is 33.6 Å². The summed E-state index contributed by atoms with van der Waals surface area (Å²) >= 11 is 0. The van der Waals surface area contributed by atoms with Crippen LogP contribution in [0.2, 0.25) is 0 Å². The average molecular weight is 301 g/mol. The fourth-order valence-corrected chi connectivity index (χ4v) is 1.30. The third kappa shape index (κ3) is 9.48. The number of esters is 2. The number of hydrogen-bond donors (Lipinski definition) is 1. The van der Waals surface area contributed by atoms with E-state index < -0.39 is 29.7 Å². The summed E-state index contributed by atoms with van der Waals surface area (Å²) < 4.78 is 14.4. The number of methoxy groups -OCH3 is 1. The molecule has 1 atom stereocenters. The molecule has 0 unspecified atom stereocenters. The predicted molar refractivity (Wildman–Crippen MR) is 75.6 cm³/mol. The van der Waals surface area contributed by atoms with Crippen molar-refractivity contribution < 1.29 is 28.6 Å². The van der Waals surface area contributed by atoms with E-state index in [1.54, 1.807) is 20.8 Å². The highest BCUT2D eigenvalue weighted by Crippen LogP contribution is 2.08. The monoisotopic (exact) mass is 301 g/mol. The Morgan fingerprint density at radius 3 is 2.38 bits per heavy atom. The van der Waals surface area contributed by atoms with Gasteiger partial charge in [0.25, 0.3) is 0 Å². The van der Waals surface area contributed by atoms with E-state index in [1.165, 1.54) is 13.2 Å². The molecule has 7 nitrogen and oxygen atoms in total. The molecule has 0 saturated carbocycles. The molecular formula is C14H23NO6. The van der Waals surface area contributed by atoms with Crippen LogP contribution in [0.5, 0.6) is 0 Å². The summed E-state index contributed by atoms with van der Waals surface area (Å²) in [7, 11) is 1.24. The van der Waals surface area contributed by atoms with Crippen molar-refractivity contribution in [1.82, 2.24) is 5.32 Å². The van der Waals surface area contributed by atoms with Gasteiger partial charge >= 0.3 is 18.0 Å². The van der Waals surface area contributed by atoms with Crippen molar-refractivity contribution in [2.45, 2.75) is 45.3 Å². The first-order valence-electron chi connectivity index (χ1n) is 6.53. The zero-order valence-corrected chi connectivity index (χ0v) is 12.9. The molecule has 120 valence electrons. The first-order valence-corrected chi connectivity index (χ1v) is 6.53. The highest BCUT2D eigenvalue weighted by atomic mass is 16.6. The van der Waals surface area contributed by atoms with Crippen LogP contribution in [0.15, 0.2) is 12.7 Å². The molecule has 0 fully saturated rings. The summed E-state index contributed by atoms with van der Waals surface area (Å²) in [5.74, 6) is -1.15. The molecule has 0 aromatic rings. The lowest BCUT2D eigenvalue weighted by Gasteiger charge is -2.22. The Hall–Kier alpha value is -2.05. The molecule has 1 amide bonds.